The molecule has 23 heavy (non-hydrogen) atoms. The van der Waals surface area contributed by atoms with Crippen LogP contribution in [0.25, 0.3) is 20.3 Å². The van der Waals surface area contributed by atoms with Crippen LogP contribution in [0, 0.1) is 6.92 Å². The number of nitrogens with zero attached hydrogens (tertiary/aromatic N) is 1. The van der Waals surface area contributed by atoms with Gasteiger partial charge in [0.25, 0.3) is 0 Å². The molecular weight excluding hydrogens is 318 g/mol. The van der Waals surface area contributed by atoms with Gasteiger partial charge in [-0.1, -0.05) is 32.5 Å². The van der Waals surface area contributed by atoms with E-state index in [4.69, 9.17) is 0 Å². The van der Waals surface area contributed by atoms with E-state index in [2.05, 4.69) is 60.2 Å². The normalized spacial score (nSPS) is 11.2. The largest absolute Gasteiger partial charge is 0.345 e. The van der Waals surface area contributed by atoms with E-state index in [1.54, 1.807) is 0 Å². The van der Waals surface area contributed by atoms with Crippen molar-refractivity contribution in [3.63, 3.8) is 0 Å². The average molecular weight is 342 g/mol. The van der Waals surface area contributed by atoms with Crippen LogP contribution in [-0.2, 0) is 13.0 Å². The molecule has 0 bridgehead atoms. The lowest BCUT2D eigenvalue weighted by Gasteiger charge is -2.06. The standard InChI is InChI=1S/C19H19NS2.CH4/c1-3-9-20-13(2)16(15-6-4-5-7-17(15)20)11-14-12-19-18(22-14)8-10-21-19;/h4-8,10,12H,3,9,11H2,1-2H3;1H4. The molecule has 0 fully saturated rings. The second-order valence-corrected chi connectivity index (χ2v) is 7.89. The van der Waals surface area contributed by atoms with Crippen LogP contribution < -0.4 is 0 Å². The summed E-state index contributed by atoms with van der Waals surface area (Å²) in [5, 5.41) is 3.61. The Morgan fingerprint density at radius 3 is 2.70 bits per heavy atom. The van der Waals surface area contributed by atoms with Gasteiger partial charge in [-0.2, -0.15) is 0 Å². The Morgan fingerprint density at radius 1 is 1.09 bits per heavy atom. The van der Waals surface area contributed by atoms with Gasteiger partial charge in [-0.25, -0.2) is 0 Å². The lowest BCUT2D eigenvalue weighted by Crippen LogP contribution is -1.99. The van der Waals surface area contributed by atoms with Gasteiger partial charge in [0.1, 0.15) is 0 Å². The molecule has 0 aliphatic carbocycles. The highest BCUT2D eigenvalue weighted by atomic mass is 32.1. The van der Waals surface area contributed by atoms with Crippen molar-refractivity contribution in [2.24, 2.45) is 0 Å². The molecule has 1 nitrogen and oxygen atoms in total. The quantitative estimate of drug-likeness (QED) is 0.382. The van der Waals surface area contributed by atoms with E-state index in [9.17, 15) is 0 Å². The van der Waals surface area contributed by atoms with E-state index < -0.39 is 0 Å². The zero-order valence-corrected chi connectivity index (χ0v) is 14.6. The lowest BCUT2D eigenvalue weighted by molar-refractivity contribution is 0.683. The topological polar surface area (TPSA) is 4.93 Å². The third-order valence-electron chi connectivity index (χ3n) is 4.35. The summed E-state index contributed by atoms with van der Waals surface area (Å²) >= 11 is 3.78. The first-order chi connectivity index (χ1) is 10.8. The average Bonchev–Trinajstić information content (AvgIpc) is 3.16. The first kappa shape index (κ1) is 16.3. The molecule has 0 spiro atoms. The van der Waals surface area contributed by atoms with Crippen LogP contribution in [0.5, 0.6) is 0 Å². The van der Waals surface area contributed by atoms with E-state index in [1.807, 2.05) is 22.7 Å². The zero-order valence-electron chi connectivity index (χ0n) is 12.9. The number of hydrogen-bond donors (Lipinski definition) is 0. The molecule has 0 saturated carbocycles. The van der Waals surface area contributed by atoms with Crippen molar-refractivity contribution in [2.75, 3.05) is 0 Å². The van der Waals surface area contributed by atoms with Gasteiger partial charge in [-0.15, -0.1) is 22.7 Å². The van der Waals surface area contributed by atoms with Gasteiger partial charge < -0.3 is 4.57 Å². The Hall–Kier alpha value is -1.58. The molecule has 0 unspecified atom stereocenters. The Balaban J connectivity index is 0.00000156. The van der Waals surface area contributed by atoms with Gasteiger partial charge in [-0.3, -0.25) is 0 Å². The van der Waals surface area contributed by atoms with E-state index in [-0.39, 0.29) is 7.43 Å². The molecule has 0 atom stereocenters. The monoisotopic (exact) mass is 341 g/mol. The van der Waals surface area contributed by atoms with Crippen LogP contribution in [0.3, 0.4) is 0 Å². The van der Waals surface area contributed by atoms with Crippen LogP contribution in [0.2, 0.25) is 0 Å². The van der Waals surface area contributed by atoms with E-state index in [0.29, 0.717) is 0 Å². The molecule has 4 rings (SSSR count). The second-order valence-electron chi connectivity index (χ2n) is 5.77. The molecule has 0 radical (unpaired) electrons. The Bertz CT molecular complexity index is 911. The van der Waals surface area contributed by atoms with E-state index >= 15 is 0 Å². The number of rotatable bonds is 4. The minimum Gasteiger partial charge on any atom is -0.345 e. The maximum absolute atomic E-state index is 2.49. The number of fused-ring (bicyclic) bond motifs is 2. The highest BCUT2D eigenvalue weighted by Crippen LogP contribution is 2.34. The summed E-state index contributed by atoms with van der Waals surface area (Å²) < 4.78 is 5.34. The minimum atomic E-state index is 0. The van der Waals surface area contributed by atoms with Crippen LogP contribution in [0.1, 0.15) is 36.9 Å². The zero-order chi connectivity index (χ0) is 15.1. The maximum atomic E-state index is 2.49. The van der Waals surface area contributed by atoms with Crippen LogP contribution in [0.15, 0.2) is 41.8 Å². The maximum Gasteiger partial charge on any atom is 0.0485 e. The predicted molar refractivity (Wildman–Crippen MR) is 106 cm³/mol. The van der Waals surface area contributed by atoms with Crippen molar-refractivity contribution in [3.8, 4) is 0 Å². The molecule has 4 aromatic rings. The molecule has 3 heteroatoms. The molecule has 0 amide bonds. The summed E-state index contributed by atoms with van der Waals surface area (Å²) in [6.07, 6.45) is 2.23. The fourth-order valence-electron chi connectivity index (χ4n) is 3.31. The molecule has 0 aliphatic heterocycles. The second kappa shape index (κ2) is 6.50. The van der Waals surface area contributed by atoms with Crippen molar-refractivity contribution < 1.29 is 0 Å². The molecule has 120 valence electrons. The van der Waals surface area contributed by atoms with E-state index in [1.165, 1.54) is 42.9 Å². The van der Waals surface area contributed by atoms with Gasteiger partial charge in [0.15, 0.2) is 0 Å². The van der Waals surface area contributed by atoms with E-state index in [0.717, 1.165) is 13.0 Å². The summed E-state index contributed by atoms with van der Waals surface area (Å²) in [5.74, 6) is 0. The summed E-state index contributed by atoms with van der Waals surface area (Å²) in [6.45, 7) is 5.63. The van der Waals surface area contributed by atoms with Gasteiger partial charge in [0, 0.05) is 43.8 Å². The van der Waals surface area contributed by atoms with Gasteiger partial charge in [0.2, 0.25) is 0 Å². The van der Waals surface area contributed by atoms with Gasteiger partial charge >= 0.3 is 0 Å². The molecule has 3 aromatic heterocycles. The highest BCUT2D eigenvalue weighted by molar-refractivity contribution is 7.26. The predicted octanol–water partition coefficient (Wildman–Crippen LogP) is 6.86. The Morgan fingerprint density at radius 2 is 1.91 bits per heavy atom. The Labute approximate surface area is 146 Å². The summed E-state index contributed by atoms with van der Waals surface area (Å²) in [5.41, 5.74) is 4.31. The third-order valence-corrected chi connectivity index (χ3v) is 6.44. The van der Waals surface area contributed by atoms with Crippen molar-refractivity contribution in [1.82, 2.24) is 4.57 Å². The fourth-order valence-corrected chi connectivity index (χ4v) is 5.46. The number of benzene rings is 1. The summed E-state index contributed by atoms with van der Waals surface area (Å²) in [7, 11) is 0. The first-order valence-corrected chi connectivity index (χ1v) is 9.50. The first-order valence-electron chi connectivity index (χ1n) is 7.80. The van der Waals surface area contributed by atoms with Crippen molar-refractivity contribution >= 4 is 43.0 Å². The minimum absolute atomic E-state index is 0. The molecule has 3 heterocycles. The van der Waals surface area contributed by atoms with Crippen molar-refractivity contribution in [3.05, 3.63) is 57.9 Å². The smallest absolute Gasteiger partial charge is 0.0485 e. The van der Waals surface area contributed by atoms with Crippen LogP contribution in [-0.4, -0.2) is 4.57 Å². The Kier molecular flexibility index (Phi) is 4.60. The summed E-state index contributed by atoms with van der Waals surface area (Å²) in [4.78, 5) is 1.48. The molecule has 0 N–H and O–H groups in total. The van der Waals surface area contributed by atoms with Crippen LogP contribution >= 0.6 is 22.7 Å². The summed E-state index contributed by atoms with van der Waals surface area (Å²) in [6, 6.07) is 13.5. The number of aryl methyl sites for hydroxylation is 1. The van der Waals surface area contributed by atoms with Gasteiger partial charge in [-0.05, 0) is 42.5 Å². The molecular formula is C20H23NS2. The number of para-hydroxylation sites is 1. The lowest BCUT2D eigenvalue weighted by atomic mass is 10.1. The number of thiophene rings is 2. The third kappa shape index (κ3) is 2.73. The highest BCUT2D eigenvalue weighted by Gasteiger charge is 2.14. The SMILES string of the molecule is C.CCCn1c(C)c(Cc2cc3sccc3s2)c2ccccc21. The van der Waals surface area contributed by atoms with Gasteiger partial charge in [0.05, 0.1) is 0 Å². The molecule has 0 saturated heterocycles. The fraction of sp³-hybridized carbons (Fsp3) is 0.300. The number of aromatic nitrogens is 1. The number of hydrogen-bond acceptors (Lipinski definition) is 2. The van der Waals surface area contributed by atoms with Crippen LogP contribution in [0.4, 0.5) is 0 Å². The molecule has 0 aliphatic rings. The van der Waals surface area contributed by atoms with Crippen molar-refractivity contribution in [2.45, 2.75) is 40.7 Å². The molecule has 1 aromatic carbocycles. The van der Waals surface area contributed by atoms with Crippen molar-refractivity contribution in [1.29, 1.82) is 0 Å².